The maximum atomic E-state index is 9.24. The minimum absolute atomic E-state index is 0.0494. The fourth-order valence-corrected chi connectivity index (χ4v) is 2.41. The van der Waals surface area contributed by atoms with Crippen LogP contribution in [0.1, 0.15) is 18.4 Å². The van der Waals surface area contributed by atoms with Crippen LogP contribution in [0.25, 0.3) is 0 Å². The Kier molecular flexibility index (Phi) is 4.61. The standard InChI is InChI=1S/C15H23NO2/c1-12-5-3-4-6-15(12)18-8-7-16(2)11-13-9-14(17)10-13/h3-6,13-14,17H,7-11H2,1-2H3. The third kappa shape index (κ3) is 3.72. The Morgan fingerprint density at radius 3 is 2.72 bits per heavy atom. The molecule has 3 heteroatoms. The predicted octanol–water partition coefficient (Wildman–Crippen LogP) is 2.08. The van der Waals surface area contributed by atoms with Gasteiger partial charge >= 0.3 is 0 Å². The van der Waals surface area contributed by atoms with E-state index in [1.807, 2.05) is 18.2 Å². The monoisotopic (exact) mass is 249 g/mol. The lowest BCUT2D eigenvalue weighted by Crippen LogP contribution is -2.38. The van der Waals surface area contributed by atoms with Crippen LogP contribution in [0.15, 0.2) is 24.3 Å². The first-order chi connectivity index (χ1) is 8.65. The summed E-state index contributed by atoms with van der Waals surface area (Å²) in [4.78, 5) is 2.29. The van der Waals surface area contributed by atoms with Gasteiger partial charge in [0, 0.05) is 13.1 Å². The van der Waals surface area contributed by atoms with E-state index >= 15 is 0 Å². The van der Waals surface area contributed by atoms with Crippen molar-refractivity contribution in [3.63, 3.8) is 0 Å². The SMILES string of the molecule is Cc1ccccc1OCCN(C)CC1CC(O)C1. The summed E-state index contributed by atoms with van der Waals surface area (Å²) in [6.07, 6.45) is 1.87. The van der Waals surface area contributed by atoms with E-state index in [4.69, 9.17) is 4.74 Å². The smallest absolute Gasteiger partial charge is 0.122 e. The van der Waals surface area contributed by atoms with Crippen LogP contribution in [0.5, 0.6) is 5.75 Å². The molecule has 1 saturated carbocycles. The number of likely N-dealkylation sites (N-methyl/N-ethyl adjacent to an activating group) is 1. The molecule has 18 heavy (non-hydrogen) atoms. The zero-order valence-electron chi connectivity index (χ0n) is 11.3. The molecule has 2 rings (SSSR count). The third-order valence-electron chi connectivity index (χ3n) is 3.60. The molecule has 0 aliphatic heterocycles. The van der Waals surface area contributed by atoms with Crippen LogP contribution in [0.3, 0.4) is 0 Å². The van der Waals surface area contributed by atoms with Crippen molar-refractivity contribution in [1.29, 1.82) is 0 Å². The average Bonchev–Trinajstić information content (AvgIpc) is 2.30. The number of aryl methyl sites for hydroxylation is 1. The number of benzene rings is 1. The van der Waals surface area contributed by atoms with E-state index in [-0.39, 0.29) is 6.10 Å². The van der Waals surface area contributed by atoms with Crippen molar-refractivity contribution in [1.82, 2.24) is 4.90 Å². The van der Waals surface area contributed by atoms with Crippen LogP contribution in [0.2, 0.25) is 0 Å². The molecule has 0 bridgehead atoms. The highest BCUT2D eigenvalue weighted by Gasteiger charge is 2.27. The van der Waals surface area contributed by atoms with Crippen molar-refractivity contribution in [3.8, 4) is 5.75 Å². The number of para-hydroxylation sites is 1. The van der Waals surface area contributed by atoms with Crippen LogP contribution in [0, 0.1) is 12.8 Å². The summed E-state index contributed by atoms with van der Waals surface area (Å²) < 4.78 is 5.77. The molecule has 1 aromatic rings. The van der Waals surface area contributed by atoms with E-state index < -0.39 is 0 Å². The zero-order valence-corrected chi connectivity index (χ0v) is 11.3. The zero-order chi connectivity index (χ0) is 13.0. The van der Waals surface area contributed by atoms with E-state index in [0.717, 1.165) is 38.3 Å². The van der Waals surface area contributed by atoms with Gasteiger partial charge in [0.25, 0.3) is 0 Å². The van der Waals surface area contributed by atoms with Gasteiger partial charge in [-0.05, 0) is 44.4 Å². The van der Waals surface area contributed by atoms with Crippen LogP contribution < -0.4 is 4.74 Å². The second kappa shape index (κ2) is 6.21. The molecule has 1 fully saturated rings. The molecule has 0 radical (unpaired) electrons. The Hall–Kier alpha value is -1.06. The minimum Gasteiger partial charge on any atom is -0.492 e. The number of hydrogen-bond donors (Lipinski definition) is 1. The van der Waals surface area contributed by atoms with Crippen LogP contribution >= 0.6 is 0 Å². The predicted molar refractivity (Wildman–Crippen MR) is 72.9 cm³/mol. The molecular weight excluding hydrogens is 226 g/mol. The molecule has 0 saturated heterocycles. The first-order valence-electron chi connectivity index (χ1n) is 6.70. The summed E-state index contributed by atoms with van der Waals surface area (Å²) in [5, 5.41) is 9.24. The van der Waals surface area contributed by atoms with Gasteiger partial charge in [-0.2, -0.15) is 0 Å². The van der Waals surface area contributed by atoms with Crippen molar-refractivity contribution in [2.24, 2.45) is 5.92 Å². The maximum absolute atomic E-state index is 9.24. The fourth-order valence-electron chi connectivity index (χ4n) is 2.41. The summed E-state index contributed by atoms with van der Waals surface area (Å²) in [5.41, 5.74) is 1.18. The molecule has 1 aliphatic carbocycles. The lowest BCUT2D eigenvalue weighted by atomic mass is 9.82. The first-order valence-corrected chi connectivity index (χ1v) is 6.70. The van der Waals surface area contributed by atoms with Gasteiger partial charge in [0.1, 0.15) is 12.4 Å². The quantitative estimate of drug-likeness (QED) is 0.838. The number of aliphatic hydroxyl groups excluding tert-OH is 1. The number of aliphatic hydroxyl groups is 1. The van der Waals surface area contributed by atoms with Gasteiger partial charge in [0.15, 0.2) is 0 Å². The molecule has 0 spiro atoms. The van der Waals surface area contributed by atoms with Crippen molar-refractivity contribution < 1.29 is 9.84 Å². The van der Waals surface area contributed by atoms with Crippen LogP contribution in [-0.4, -0.2) is 42.9 Å². The molecule has 3 nitrogen and oxygen atoms in total. The number of rotatable bonds is 6. The Labute approximate surface area is 109 Å². The number of nitrogens with zero attached hydrogens (tertiary/aromatic N) is 1. The second-order valence-corrected chi connectivity index (χ2v) is 5.37. The van der Waals surface area contributed by atoms with Gasteiger partial charge in [-0.3, -0.25) is 0 Å². The Bertz CT molecular complexity index is 375. The third-order valence-corrected chi connectivity index (χ3v) is 3.60. The lowest BCUT2D eigenvalue weighted by molar-refractivity contribution is 0.0269. The van der Waals surface area contributed by atoms with Crippen LogP contribution in [0.4, 0.5) is 0 Å². The van der Waals surface area contributed by atoms with Crippen molar-refractivity contribution >= 4 is 0 Å². The Balaban J connectivity index is 1.64. The van der Waals surface area contributed by atoms with E-state index in [0.29, 0.717) is 5.92 Å². The summed E-state index contributed by atoms with van der Waals surface area (Å²) in [5.74, 6) is 1.65. The van der Waals surface area contributed by atoms with Gasteiger partial charge in [-0.1, -0.05) is 18.2 Å². The van der Waals surface area contributed by atoms with E-state index in [2.05, 4.69) is 24.9 Å². The average molecular weight is 249 g/mol. The molecule has 0 heterocycles. The summed E-state index contributed by atoms with van der Waals surface area (Å²) in [6.45, 7) is 4.78. The first kappa shape index (κ1) is 13.4. The molecule has 100 valence electrons. The molecule has 0 aromatic heterocycles. The van der Waals surface area contributed by atoms with Crippen molar-refractivity contribution in [3.05, 3.63) is 29.8 Å². The molecular formula is C15H23NO2. The van der Waals surface area contributed by atoms with Gasteiger partial charge in [-0.15, -0.1) is 0 Å². The normalized spacial score (nSPS) is 22.9. The van der Waals surface area contributed by atoms with E-state index in [9.17, 15) is 5.11 Å². The van der Waals surface area contributed by atoms with E-state index in [1.54, 1.807) is 0 Å². The largest absolute Gasteiger partial charge is 0.492 e. The highest BCUT2D eigenvalue weighted by atomic mass is 16.5. The topological polar surface area (TPSA) is 32.7 Å². The lowest BCUT2D eigenvalue weighted by Gasteiger charge is -2.34. The molecule has 1 N–H and O–H groups in total. The van der Waals surface area contributed by atoms with Gasteiger partial charge in [0.2, 0.25) is 0 Å². The Morgan fingerprint density at radius 2 is 2.06 bits per heavy atom. The Morgan fingerprint density at radius 1 is 1.33 bits per heavy atom. The van der Waals surface area contributed by atoms with Gasteiger partial charge in [-0.25, -0.2) is 0 Å². The van der Waals surface area contributed by atoms with Crippen molar-refractivity contribution in [2.45, 2.75) is 25.9 Å². The van der Waals surface area contributed by atoms with E-state index in [1.165, 1.54) is 5.56 Å². The molecule has 0 atom stereocenters. The summed E-state index contributed by atoms with van der Waals surface area (Å²) in [7, 11) is 2.12. The number of ether oxygens (including phenoxy) is 1. The van der Waals surface area contributed by atoms with Crippen LogP contribution in [-0.2, 0) is 0 Å². The van der Waals surface area contributed by atoms with Gasteiger partial charge < -0.3 is 14.7 Å². The highest BCUT2D eigenvalue weighted by molar-refractivity contribution is 5.31. The summed E-state index contributed by atoms with van der Waals surface area (Å²) in [6, 6.07) is 8.10. The number of hydrogen-bond acceptors (Lipinski definition) is 3. The molecule has 0 amide bonds. The minimum atomic E-state index is -0.0494. The van der Waals surface area contributed by atoms with Gasteiger partial charge in [0.05, 0.1) is 6.10 Å². The summed E-state index contributed by atoms with van der Waals surface area (Å²) >= 11 is 0. The highest BCUT2D eigenvalue weighted by Crippen LogP contribution is 2.27. The second-order valence-electron chi connectivity index (χ2n) is 5.37. The molecule has 1 aliphatic rings. The molecule has 0 unspecified atom stereocenters. The maximum Gasteiger partial charge on any atom is 0.122 e. The fraction of sp³-hybridized carbons (Fsp3) is 0.600. The molecule has 1 aromatic carbocycles. The van der Waals surface area contributed by atoms with Crippen molar-refractivity contribution in [2.75, 3.05) is 26.7 Å².